The van der Waals surface area contributed by atoms with E-state index in [0.717, 1.165) is 4.57 Å². The summed E-state index contributed by atoms with van der Waals surface area (Å²) in [6, 6.07) is 2.13. The second kappa shape index (κ2) is 9.20. The van der Waals surface area contributed by atoms with Crippen molar-refractivity contribution in [1.82, 2.24) is 14.6 Å². The van der Waals surface area contributed by atoms with Crippen LogP contribution in [-0.4, -0.2) is 32.2 Å². The summed E-state index contributed by atoms with van der Waals surface area (Å²) in [6.07, 6.45) is 5.85. The molecule has 1 fully saturated rings. The normalized spacial score (nSPS) is 19.8. The minimum Gasteiger partial charge on any atom is -0.314 e. The molecule has 2 unspecified atom stereocenters. The van der Waals surface area contributed by atoms with E-state index in [1.54, 1.807) is 6.92 Å². The van der Waals surface area contributed by atoms with Crippen molar-refractivity contribution in [2.45, 2.75) is 78.0 Å². The molecule has 8 heteroatoms. The molecule has 0 aliphatic heterocycles. The molecule has 1 heterocycles. The second-order valence-electron chi connectivity index (χ2n) is 8.20. The van der Waals surface area contributed by atoms with Crippen molar-refractivity contribution < 1.29 is 9.63 Å². The summed E-state index contributed by atoms with van der Waals surface area (Å²) in [7, 11) is 0. The standard InChI is InChI=1S/C20H29N4O4/c1-14-13-22-19(27)23(18(14)26)11-5-6-17(25)24(28-20(2,3)4)16-9-7-15(12-21)8-10-16/h7,13,15-16H,5-6,8-11H2,1-4H3,(H,22,27). The maximum absolute atomic E-state index is 12.8. The maximum Gasteiger partial charge on any atom is 0.328 e. The fourth-order valence-electron chi connectivity index (χ4n) is 3.20. The molecule has 1 saturated carbocycles. The van der Waals surface area contributed by atoms with E-state index in [2.05, 4.69) is 11.1 Å². The molecule has 2 atom stereocenters. The van der Waals surface area contributed by atoms with Crippen molar-refractivity contribution in [2.24, 2.45) is 5.92 Å². The summed E-state index contributed by atoms with van der Waals surface area (Å²) in [5.41, 5.74) is -0.904. The van der Waals surface area contributed by atoms with E-state index in [0.29, 0.717) is 31.2 Å². The predicted octanol–water partition coefficient (Wildman–Crippen LogP) is 2.08. The van der Waals surface area contributed by atoms with E-state index in [9.17, 15) is 14.4 Å². The summed E-state index contributed by atoms with van der Waals surface area (Å²) in [5.74, 6) is -0.261. The third kappa shape index (κ3) is 5.80. The van der Waals surface area contributed by atoms with Gasteiger partial charge in [-0.15, -0.1) is 0 Å². The van der Waals surface area contributed by atoms with Crippen LogP contribution in [0.4, 0.5) is 0 Å². The van der Waals surface area contributed by atoms with Gasteiger partial charge in [-0.05, 0) is 59.8 Å². The number of hydrogen-bond donors (Lipinski definition) is 1. The van der Waals surface area contributed by atoms with Crippen LogP contribution in [0.3, 0.4) is 0 Å². The Morgan fingerprint density at radius 1 is 1.39 bits per heavy atom. The van der Waals surface area contributed by atoms with Crippen LogP contribution in [0.5, 0.6) is 0 Å². The topological polar surface area (TPSA) is 108 Å². The van der Waals surface area contributed by atoms with Gasteiger partial charge in [-0.1, -0.05) is 0 Å². The Morgan fingerprint density at radius 2 is 2.11 bits per heavy atom. The third-order valence-electron chi connectivity index (χ3n) is 4.63. The summed E-state index contributed by atoms with van der Waals surface area (Å²) in [6.45, 7) is 7.43. The van der Waals surface area contributed by atoms with Crippen LogP contribution in [-0.2, 0) is 16.2 Å². The number of rotatable bonds is 6. The monoisotopic (exact) mass is 389 g/mol. The van der Waals surface area contributed by atoms with Crippen LogP contribution >= 0.6 is 0 Å². The van der Waals surface area contributed by atoms with Crippen molar-refractivity contribution in [3.63, 3.8) is 0 Å². The van der Waals surface area contributed by atoms with Crippen molar-refractivity contribution >= 4 is 5.91 Å². The molecule has 1 aromatic rings. The summed E-state index contributed by atoms with van der Waals surface area (Å²) >= 11 is 0. The number of hydroxylamine groups is 2. The predicted molar refractivity (Wildman–Crippen MR) is 104 cm³/mol. The fourth-order valence-corrected chi connectivity index (χ4v) is 3.20. The van der Waals surface area contributed by atoms with E-state index in [1.807, 2.05) is 27.2 Å². The Kier molecular flexibility index (Phi) is 7.19. The number of nitriles is 1. The highest BCUT2D eigenvalue weighted by molar-refractivity contribution is 5.75. The number of nitrogens with zero attached hydrogens (tertiary/aromatic N) is 3. The van der Waals surface area contributed by atoms with Gasteiger partial charge in [-0.2, -0.15) is 5.26 Å². The first kappa shape index (κ1) is 21.9. The largest absolute Gasteiger partial charge is 0.328 e. The number of carbonyl (C=O) groups is 1. The summed E-state index contributed by atoms with van der Waals surface area (Å²) in [5, 5.41) is 10.5. The number of carbonyl (C=O) groups excluding carboxylic acids is 1. The quantitative estimate of drug-likeness (QED) is 0.750. The number of aromatic nitrogens is 2. The van der Waals surface area contributed by atoms with Gasteiger partial charge in [0.15, 0.2) is 0 Å². The molecule has 0 aromatic carbocycles. The summed E-state index contributed by atoms with van der Waals surface area (Å²) < 4.78 is 1.11. The number of hydrogen-bond acceptors (Lipinski definition) is 5. The zero-order chi connectivity index (χ0) is 20.9. The molecular weight excluding hydrogens is 360 g/mol. The van der Waals surface area contributed by atoms with Crippen molar-refractivity contribution in [2.75, 3.05) is 0 Å². The number of H-pyrrole nitrogens is 1. The lowest BCUT2D eigenvalue weighted by Crippen LogP contribution is -2.46. The van der Waals surface area contributed by atoms with Crippen molar-refractivity contribution in [1.29, 1.82) is 5.26 Å². The number of aromatic amines is 1. The molecule has 0 bridgehead atoms. The Balaban J connectivity index is 2.03. The molecule has 8 nitrogen and oxygen atoms in total. The average Bonchev–Trinajstić information content (AvgIpc) is 2.65. The van der Waals surface area contributed by atoms with Crippen LogP contribution in [0.1, 0.15) is 58.4 Å². The maximum atomic E-state index is 12.8. The molecule has 0 saturated heterocycles. The molecule has 1 aliphatic carbocycles. The minimum absolute atomic E-state index is 0.0808. The van der Waals surface area contributed by atoms with Crippen LogP contribution in [0.2, 0.25) is 0 Å². The highest BCUT2D eigenvalue weighted by Crippen LogP contribution is 2.28. The molecule has 1 aromatic heterocycles. The molecule has 153 valence electrons. The van der Waals surface area contributed by atoms with E-state index >= 15 is 0 Å². The lowest BCUT2D eigenvalue weighted by Gasteiger charge is -2.38. The third-order valence-corrected chi connectivity index (χ3v) is 4.63. The van der Waals surface area contributed by atoms with Gasteiger partial charge in [-0.3, -0.25) is 19.0 Å². The molecule has 1 radical (unpaired) electrons. The number of aryl methyl sites for hydroxylation is 1. The van der Waals surface area contributed by atoms with Gasteiger partial charge >= 0.3 is 5.69 Å². The van der Waals surface area contributed by atoms with Gasteiger partial charge in [0, 0.05) is 30.6 Å². The van der Waals surface area contributed by atoms with Crippen LogP contribution < -0.4 is 11.2 Å². The first-order chi connectivity index (χ1) is 13.1. The number of amides is 1. The van der Waals surface area contributed by atoms with Gasteiger partial charge < -0.3 is 4.98 Å². The minimum atomic E-state index is -0.535. The second-order valence-corrected chi connectivity index (χ2v) is 8.20. The fraction of sp³-hybridized carbons (Fsp3) is 0.650. The molecule has 1 amide bonds. The Bertz CT molecular complexity index is 835. The zero-order valence-electron chi connectivity index (χ0n) is 17.0. The van der Waals surface area contributed by atoms with Crippen LogP contribution in [0, 0.1) is 30.6 Å². The van der Waals surface area contributed by atoms with Gasteiger partial charge in [0.25, 0.3) is 5.56 Å². The van der Waals surface area contributed by atoms with E-state index in [1.165, 1.54) is 11.3 Å². The van der Waals surface area contributed by atoms with Crippen molar-refractivity contribution in [3.8, 4) is 6.07 Å². The zero-order valence-corrected chi connectivity index (χ0v) is 17.0. The Hall–Kier alpha value is -2.40. The molecule has 0 spiro atoms. The number of nitrogens with one attached hydrogen (secondary N) is 1. The van der Waals surface area contributed by atoms with Crippen LogP contribution in [0.25, 0.3) is 0 Å². The van der Waals surface area contributed by atoms with Crippen LogP contribution in [0.15, 0.2) is 15.8 Å². The smallest absolute Gasteiger partial charge is 0.314 e. The molecule has 2 rings (SSSR count). The van der Waals surface area contributed by atoms with Gasteiger partial charge in [-0.25, -0.2) is 9.86 Å². The first-order valence-corrected chi connectivity index (χ1v) is 9.65. The first-order valence-electron chi connectivity index (χ1n) is 9.65. The van der Waals surface area contributed by atoms with E-state index in [-0.39, 0.29) is 36.4 Å². The summed E-state index contributed by atoms with van der Waals surface area (Å²) in [4.78, 5) is 45.2. The Morgan fingerprint density at radius 3 is 2.68 bits per heavy atom. The average molecular weight is 389 g/mol. The molecular formula is C20H29N4O4. The molecule has 28 heavy (non-hydrogen) atoms. The van der Waals surface area contributed by atoms with Gasteiger partial charge in [0.2, 0.25) is 5.91 Å². The van der Waals surface area contributed by atoms with Crippen molar-refractivity contribution in [3.05, 3.63) is 39.0 Å². The highest BCUT2D eigenvalue weighted by atomic mass is 16.7. The lowest BCUT2D eigenvalue weighted by molar-refractivity contribution is -0.245. The van der Waals surface area contributed by atoms with E-state index < -0.39 is 11.3 Å². The highest BCUT2D eigenvalue weighted by Gasteiger charge is 2.32. The SMILES string of the molecule is Cc1c[nH]c(=O)n(CCCC(=O)N(OC(C)(C)C)C2C[CH]C(C#N)CC2)c1=O. The van der Waals surface area contributed by atoms with Gasteiger partial charge in [0.05, 0.1) is 17.7 Å². The van der Waals surface area contributed by atoms with E-state index in [4.69, 9.17) is 10.1 Å². The molecule has 1 aliphatic rings. The Labute approximate surface area is 165 Å². The molecule has 1 N–H and O–H groups in total. The lowest BCUT2D eigenvalue weighted by atomic mass is 9.87. The van der Waals surface area contributed by atoms with Gasteiger partial charge in [0.1, 0.15) is 0 Å².